The highest BCUT2D eigenvalue weighted by molar-refractivity contribution is 5.91. The van der Waals surface area contributed by atoms with Gasteiger partial charge in [0.25, 0.3) is 0 Å². The molecule has 5 rings (SSSR count). The maximum atomic E-state index is 12.9. The summed E-state index contributed by atoms with van der Waals surface area (Å²) in [6.45, 7) is 12.9. The largest absolute Gasteiger partial charge is 0.444 e. The van der Waals surface area contributed by atoms with E-state index in [2.05, 4.69) is 20.7 Å². The molecule has 0 radical (unpaired) electrons. The Labute approximate surface area is 234 Å². The van der Waals surface area contributed by atoms with E-state index in [-0.39, 0.29) is 24.2 Å². The molecule has 0 aliphatic carbocycles. The first-order valence-corrected chi connectivity index (χ1v) is 13.9. The van der Waals surface area contributed by atoms with Crippen molar-refractivity contribution in [2.24, 2.45) is 0 Å². The van der Waals surface area contributed by atoms with Crippen molar-refractivity contribution in [2.45, 2.75) is 103 Å². The molecule has 3 aromatic rings. The Kier molecular flexibility index (Phi) is 7.09. The maximum Gasteiger partial charge on any atom is 0.435 e. The number of nitrogens with one attached hydrogen (secondary N) is 2. The quantitative estimate of drug-likeness (QED) is 0.403. The molecule has 214 valence electrons. The van der Waals surface area contributed by atoms with E-state index in [1.165, 1.54) is 4.68 Å². The van der Waals surface area contributed by atoms with Crippen molar-refractivity contribution in [3.63, 3.8) is 0 Å². The van der Waals surface area contributed by atoms with Crippen LogP contribution in [0.4, 0.5) is 27.0 Å². The minimum Gasteiger partial charge on any atom is -0.444 e. The van der Waals surface area contributed by atoms with Gasteiger partial charge in [0.1, 0.15) is 22.8 Å². The fourth-order valence-corrected chi connectivity index (χ4v) is 5.51. The Bertz CT molecular complexity index is 1410. The molecule has 2 aliphatic rings. The van der Waals surface area contributed by atoms with Crippen LogP contribution in [0.5, 0.6) is 0 Å². The molecule has 0 aromatic carbocycles. The van der Waals surface area contributed by atoms with Crippen LogP contribution in [-0.2, 0) is 9.47 Å². The first kappa shape index (κ1) is 27.7. The van der Waals surface area contributed by atoms with Crippen LogP contribution >= 0.6 is 0 Å². The van der Waals surface area contributed by atoms with E-state index in [9.17, 15) is 9.59 Å². The Morgan fingerprint density at radius 3 is 2.25 bits per heavy atom. The number of ether oxygens (including phenoxy) is 2. The lowest BCUT2D eigenvalue weighted by Crippen LogP contribution is -2.51. The Morgan fingerprint density at radius 2 is 1.60 bits per heavy atom. The van der Waals surface area contributed by atoms with Gasteiger partial charge in [0.05, 0.1) is 5.52 Å². The molecule has 2 aliphatic heterocycles. The number of amides is 1. The predicted molar refractivity (Wildman–Crippen MR) is 153 cm³/mol. The fraction of sp³-hybridized carbons (Fsp3) is 0.552. The van der Waals surface area contributed by atoms with Gasteiger partial charge >= 0.3 is 12.2 Å². The van der Waals surface area contributed by atoms with E-state index in [4.69, 9.17) is 14.5 Å². The molecule has 3 aromatic heterocycles. The van der Waals surface area contributed by atoms with Crippen molar-refractivity contribution >= 4 is 40.5 Å². The van der Waals surface area contributed by atoms with Crippen LogP contribution in [-0.4, -0.2) is 66.2 Å². The van der Waals surface area contributed by atoms with E-state index in [1.54, 1.807) is 19.2 Å². The third kappa shape index (κ3) is 6.13. The highest BCUT2D eigenvalue weighted by atomic mass is 16.6. The molecule has 2 fully saturated rings. The van der Waals surface area contributed by atoms with Crippen molar-refractivity contribution in [3.05, 3.63) is 36.2 Å². The maximum absolute atomic E-state index is 12.9. The number of aromatic nitrogens is 4. The summed E-state index contributed by atoms with van der Waals surface area (Å²) in [5, 5.41) is 12.2. The lowest BCUT2D eigenvalue weighted by Gasteiger charge is -2.39. The van der Waals surface area contributed by atoms with E-state index in [0.29, 0.717) is 23.1 Å². The second-order valence-corrected chi connectivity index (χ2v) is 12.7. The molecule has 1 amide bonds. The minimum absolute atomic E-state index is 0.136. The second-order valence-electron chi connectivity index (χ2n) is 12.7. The third-order valence-electron chi connectivity index (χ3n) is 6.99. The zero-order valence-electron chi connectivity index (χ0n) is 24.3. The molecular formula is C29H39N7O4. The van der Waals surface area contributed by atoms with Crippen LogP contribution in [0.1, 0.15) is 72.9 Å². The van der Waals surface area contributed by atoms with Gasteiger partial charge in [-0.1, -0.05) is 0 Å². The van der Waals surface area contributed by atoms with E-state index in [1.807, 2.05) is 64.6 Å². The number of piperidine rings is 1. The normalized spacial score (nSPS) is 20.9. The molecule has 2 N–H and O–H groups in total. The zero-order chi connectivity index (χ0) is 28.8. The first-order chi connectivity index (χ1) is 18.8. The fourth-order valence-electron chi connectivity index (χ4n) is 5.51. The first-order valence-electron chi connectivity index (χ1n) is 13.9. The van der Waals surface area contributed by atoms with Crippen LogP contribution in [0.2, 0.25) is 0 Å². The summed E-state index contributed by atoms with van der Waals surface area (Å²) >= 11 is 0. The number of fused-ring (bicyclic) bond motifs is 3. The van der Waals surface area contributed by atoms with Gasteiger partial charge < -0.3 is 25.0 Å². The lowest BCUT2D eigenvalue weighted by atomic mass is 9.97. The van der Waals surface area contributed by atoms with Gasteiger partial charge in [-0.15, -0.1) is 5.10 Å². The molecule has 11 heteroatoms. The van der Waals surface area contributed by atoms with Gasteiger partial charge in [-0.3, -0.25) is 4.98 Å². The van der Waals surface area contributed by atoms with Crippen molar-refractivity contribution < 1.29 is 19.1 Å². The van der Waals surface area contributed by atoms with Crippen LogP contribution < -0.4 is 10.6 Å². The summed E-state index contributed by atoms with van der Waals surface area (Å²) in [5.74, 6) is 1.74. The van der Waals surface area contributed by atoms with Crippen molar-refractivity contribution in [1.82, 2.24) is 24.6 Å². The highest BCUT2D eigenvalue weighted by Crippen LogP contribution is 2.38. The summed E-state index contributed by atoms with van der Waals surface area (Å²) in [5.41, 5.74) is 0.273. The zero-order valence-corrected chi connectivity index (χ0v) is 24.3. The minimum atomic E-state index is -0.627. The number of hydrogen-bond acceptors (Lipinski definition) is 9. The second kappa shape index (κ2) is 10.3. The number of carbonyl (C=O) groups excluding carboxylic acids is 2. The topological polar surface area (TPSA) is 124 Å². The number of anilines is 3. The highest BCUT2D eigenvalue weighted by Gasteiger charge is 2.45. The predicted octanol–water partition coefficient (Wildman–Crippen LogP) is 6.00. The molecule has 5 heterocycles. The number of carbonyl (C=O) groups is 2. The van der Waals surface area contributed by atoms with E-state index >= 15 is 0 Å². The summed E-state index contributed by atoms with van der Waals surface area (Å²) < 4.78 is 12.4. The van der Waals surface area contributed by atoms with Crippen LogP contribution in [0, 0.1) is 6.92 Å². The Hall–Kier alpha value is -3.89. The Morgan fingerprint density at radius 1 is 0.950 bits per heavy atom. The average molecular weight is 550 g/mol. The van der Waals surface area contributed by atoms with Crippen LogP contribution in [0.3, 0.4) is 0 Å². The lowest BCUT2D eigenvalue weighted by molar-refractivity contribution is 0.00680. The van der Waals surface area contributed by atoms with Gasteiger partial charge in [0.2, 0.25) is 0 Å². The molecule has 2 bridgehead atoms. The van der Waals surface area contributed by atoms with Crippen molar-refractivity contribution in [2.75, 3.05) is 10.6 Å². The number of aryl methyl sites for hydroxylation is 1. The summed E-state index contributed by atoms with van der Waals surface area (Å²) in [6.07, 6.45) is 4.56. The van der Waals surface area contributed by atoms with Crippen LogP contribution in [0.15, 0.2) is 30.5 Å². The summed E-state index contributed by atoms with van der Waals surface area (Å²) in [4.78, 5) is 36.8. The van der Waals surface area contributed by atoms with Crippen LogP contribution in [0.25, 0.3) is 10.9 Å². The van der Waals surface area contributed by atoms with Gasteiger partial charge in [-0.05, 0) is 86.3 Å². The number of nitrogens with zero attached hydrogens (tertiary/aromatic N) is 5. The molecule has 3 atom stereocenters. The smallest absolute Gasteiger partial charge is 0.435 e. The van der Waals surface area contributed by atoms with Gasteiger partial charge in [-0.25, -0.2) is 14.6 Å². The van der Waals surface area contributed by atoms with Crippen molar-refractivity contribution in [3.8, 4) is 0 Å². The number of hydrogen-bond donors (Lipinski definition) is 2. The monoisotopic (exact) mass is 549 g/mol. The van der Waals surface area contributed by atoms with E-state index in [0.717, 1.165) is 36.6 Å². The summed E-state index contributed by atoms with van der Waals surface area (Å²) in [7, 11) is 0. The SMILES string of the molecule is Cc1cc(Nc2cc3ncccc3c(N[C@@H]3C[C@H]4CC[C@@H](C3)N4C(=O)OC(C)(C)C)n2)nn1C(=O)OC(C)(C)C. The third-order valence-corrected chi connectivity index (χ3v) is 6.99. The standard InChI is InChI=1S/C29H39N7O4/c1-17-13-24(34-36(17)27(38)40-29(5,6)7)32-23-16-22-21(9-8-12-30-22)25(33-23)31-18-14-19-10-11-20(15-18)35(19)26(37)39-28(2,3)4/h8-9,12-13,16,18-20H,10-11,14-15H2,1-7H3,(H2,31,32,33,34)/t18-,19-,20+. The molecule has 0 unspecified atom stereocenters. The average Bonchev–Trinajstić information content (AvgIpc) is 3.33. The molecule has 2 saturated heterocycles. The Balaban J connectivity index is 1.35. The van der Waals surface area contributed by atoms with Gasteiger partial charge in [0, 0.05) is 47.5 Å². The molecule has 0 spiro atoms. The van der Waals surface area contributed by atoms with E-state index < -0.39 is 17.3 Å². The number of rotatable bonds is 4. The van der Waals surface area contributed by atoms with Gasteiger partial charge in [0.15, 0.2) is 5.82 Å². The molecule has 40 heavy (non-hydrogen) atoms. The summed E-state index contributed by atoms with van der Waals surface area (Å²) in [6, 6.07) is 7.93. The van der Waals surface area contributed by atoms with Gasteiger partial charge in [-0.2, -0.15) is 4.68 Å². The molecule has 11 nitrogen and oxygen atoms in total. The number of pyridine rings is 2. The molecular weight excluding hydrogens is 510 g/mol. The van der Waals surface area contributed by atoms with Crippen molar-refractivity contribution in [1.29, 1.82) is 0 Å². The molecule has 0 saturated carbocycles.